The van der Waals surface area contributed by atoms with Crippen molar-refractivity contribution in [3.8, 4) is 16.9 Å². The quantitative estimate of drug-likeness (QED) is 0.338. The molecule has 1 atom stereocenters. The number of benzene rings is 3. The molecule has 0 saturated heterocycles. The lowest BCUT2D eigenvalue weighted by molar-refractivity contribution is -0.137. The van der Waals surface area contributed by atoms with Crippen molar-refractivity contribution in [3.05, 3.63) is 107 Å². The minimum atomic E-state index is -0.863. The minimum Gasteiger partial charge on any atom is -0.489 e. The molecule has 0 fully saturated rings. The Balaban J connectivity index is 1.48. The largest absolute Gasteiger partial charge is 0.489 e. The van der Waals surface area contributed by atoms with Crippen LogP contribution >= 0.6 is 11.6 Å². The number of halogens is 1. The molecule has 4 aromatic rings. The average molecular weight is 461 g/mol. The molecule has 1 unspecified atom stereocenters. The predicted molar refractivity (Wildman–Crippen MR) is 130 cm³/mol. The molecule has 0 radical (unpaired) electrons. The molecule has 168 valence electrons. The molecule has 4 rings (SSSR count). The molecule has 0 aliphatic heterocycles. The fourth-order valence-electron chi connectivity index (χ4n) is 3.94. The zero-order valence-corrected chi connectivity index (χ0v) is 19.3. The molecule has 6 heteroatoms. The number of rotatable bonds is 8. The normalized spacial score (nSPS) is 11.8. The van der Waals surface area contributed by atoms with Gasteiger partial charge in [0.15, 0.2) is 0 Å². The molecule has 1 heterocycles. The predicted octanol–water partition coefficient (Wildman–Crippen LogP) is 6.23. The summed E-state index contributed by atoms with van der Waals surface area (Å²) in [6, 6.07) is 21.7. The van der Waals surface area contributed by atoms with E-state index in [0.29, 0.717) is 11.6 Å². The number of imidazole rings is 1. The second kappa shape index (κ2) is 9.92. The van der Waals surface area contributed by atoms with E-state index < -0.39 is 5.97 Å². The summed E-state index contributed by atoms with van der Waals surface area (Å²) in [5, 5.41) is 10.1. The number of ether oxygens (including phenoxy) is 1. The van der Waals surface area contributed by atoms with Gasteiger partial charge in [-0.3, -0.25) is 4.79 Å². The van der Waals surface area contributed by atoms with Crippen LogP contribution in [0.3, 0.4) is 0 Å². The number of hydrogen-bond acceptors (Lipinski definition) is 3. The highest BCUT2D eigenvalue weighted by Gasteiger charge is 2.21. The summed E-state index contributed by atoms with van der Waals surface area (Å²) in [5.74, 6) is 0.253. The Morgan fingerprint density at radius 3 is 2.61 bits per heavy atom. The third kappa shape index (κ3) is 5.44. The van der Waals surface area contributed by atoms with Gasteiger partial charge < -0.3 is 14.4 Å². The highest BCUT2D eigenvalue weighted by atomic mass is 35.5. The van der Waals surface area contributed by atoms with Crippen LogP contribution in [0.1, 0.15) is 34.9 Å². The molecule has 0 aliphatic rings. The van der Waals surface area contributed by atoms with Gasteiger partial charge in [0.05, 0.1) is 12.3 Å². The first-order valence-electron chi connectivity index (χ1n) is 10.7. The topological polar surface area (TPSA) is 64.3 Å². The Bertz CT molecular complexity index is 1260. The van der Waals surface area contributed by atoms with Crippen molar-refractivity contribution in [2.45, 2.75) is 25.9 Å². The van der Waals surface area contributed by atoms with Gasteiger partial charge in [-0.1, -0.05) is 48.0 Å². The fourth-order valence-corrected chi connectivity index (χ4v) is 4.11. The maximum absolute atomic E-state index is 11.4. The molecular weight excluding hydrogens is 436 g/mol. The number of hydrogen-bond donors (Lipinski definition) is 1. The standard InChI is InChI=1S/C27H25ClN2O3/c1-18-6-9-22(28)15-24(18)21-5-3-4-19(14-21)17-33-23-10-7-20(8-11-23)25(16-26(31)32)27-29-12-13-30(27)2/h3-15,25H,16-17H2,1-2H3,(H,31,32). The molecule has 3 aromatic carbocycles. The smallest absolute Gasteiger partial charge is 0.304 e. The van der Waals surface area contributed by atoms with Gasteiger partial charge in [0.2, 0.25) is 0 Å². The van der Waals surface area contributed by atoms with Crippen LogP contribution in [0.2, 0.25) is 5.02 Å². The summed E-state index contributed by atoms with van der Waals surface area (Å²) < 4.78 is 7.86. The third-order valence-corrected chi connectivity index (χ3v) is 5.91. The number of aryl methyl sites for hydroxylation is 2. The Kier molecular flexibility index (Phi) is 6.80. The van der Waals surface area contributed by atoms with Crippen LogP contribution in [-0.2, 0) is 18.4 Å². The summed E-state index contributed by atoms with van der Waals surface area (Å²) in [6.45, 7) is 2.49. The van der Waals surface area contributed by atoms with Crippen molar-refractivity contribution in [2.24, 2.45) is 7.05 Å². The Labute approximate surface area is 198 Å². The van der Waals surface area contributed by atoms with Crippen LogP contribution in [0.15, 0.2) is 79.1 Å². The molecule has 0 aliphatic carbocycles. The minimum absolute atomic E-state index is 0.0270. The van der Waals surface area contributed by atoms with Crippen LogP contribution in [0.5, 0.6) is 5.75 Å². The van der Waals surface area contributed by atoms with Crippen molar-refractivity contribution in [1.29, 1.82) is 0 Å². The summed E-state index contributed by atoms with van der Waals surface area (Å²) >= 11 is 6.19. The number of carbonyl (C=O) groups is 1. The van der Waals surface area contributed by atoms with Crippen molar-refractivity contribution >= 4 is 17.6 Å². The van der Waals surface area contributed by atoms with E-state index in [2.05, 4.69) is 24.0 Å². The van der Waals surface area contributed by atoms with Gasteiger partial charge in [-0.2, -0.15) is 0 Å². The lowest BCUT2D eigenvalue weighted by atomic mass is 9.94. The fraction of sp³-hybridized carbons (Fsp3) is 0.185. The lowest BCUT2D eigenvalue weighted by Gasteiger charge is -2.16. The van der Waals surface area contributed by atoms with E-state index in [1.54, 1.807) is 6.20 Å². The number of aromatic nitrogens is 2. The Morgan fingerprint density at radius 2 is 1.91 bits per heavy atom. The van der Waals surface area contributed by atoms with Crippen LogP contribution in [0.25, 0.3) is 11.1 Å². The van der Waals surface area contributed by atoms with E-state index in [1.807, 2.05) is 72.4 Å². The maximum atomic E-state index is 11.4. The first-order valence-corrected chi connectivity index (χ1v) is 11.1. The molecular formula is C27H25ClN2O3. The monoisotopic (exact) mass is 460 g/mol. The third-order valence-electron chi connectivity index (χ3n) is 5.67. The molecule has 0 amide bonds. The number of carboxylic acids is 1. The number of nitrogens with zero attached hydrogens (tertiary/aromatic N) is 2. The zero-order chi connectivity index (χ0) is 23.4. The van der Waals surface area contributed by atoms with E-state index in [0.717, 1.165) is 39.4 Å². The van der Waals surface area contributed by atoms with Crippen LogP contribution in [0, 0.1) is 6.92 Å². The summed E-state index contributed by atoms with van der Waals surface area (Å²) in [7, 11) is 1.87. The second-order valence-corrected chi connectivity index (χ2v) is 8.50. The van der Waals surface area contributed by atoms with E-state index in [1.165, 1.54) is 0 Å². The van der Waals surface area contributed by atoms with Gasteiger partial charge in [-0.15, -0.1) is 0 Å². The summed E-state index contributed by atoms with van der Waals surface area (Å²) in [5.41, 5.74) is 5.30. The first-order chi connectivity index (χ1) is 15.9. The van der Waals surface area contributed by atoms with Crippen molar-refractivity contribution in [2.75, 3.05) is 0 Å². The molecule has 0 saturated carbocycles. The van der Waals surface area contributed by atoms with Crippen molar-refractivity contribution in [1.82, 2.24) is 9.55 Å². The van der Waals surface area contributed by atoms with Gasteiger partial charge in [0.1, 0.15) is 18.2 Å². The van der Waals surface area contributed by atoms with Gasteiger partial charge in [-0.05, 0) is 65.1 Å². The zero-order valence-electron chi connectivity index (χ0n) is 18.5. The van der Waals surface area contributed by atoms with Crippen LogP contribution in [-0.4, -0.2) is 20.6 Å². The molecule has 1 N–H and O–H groups in total. The van der Waals surface area contributed by atoms with Gasteiger partial charge >= 0.3 is 5.97 Å². The molecule has 1 aromatic heterocycles. The van der Waals surface area contributed by atoms with Gasteiger partial charge in [-0.25, -0.2) is 4.98 Å². The second-order valence-electron chi connectivity index (χ2n) is 8.06. The summed E-state index contributed by atoms with van der Waals surface area (Å²) in [4.78, 5) is 15.8. The maximum Gasteiger partial charge on any atom is 0.304 e. The van der Waals surface area contributed by atoms with Gasteiger partial charge in [0, 0.05) is 24.5 Å². The number of aliphatic carboxylic acids is 1. The Morgan fingerprint density at radius 1 is 1.12 bits per heavy atom. The van der Waals surface area contributed by atoms with Crippen LogP contribution < -0.4 is 4.74 Å². The molecule has 33 heavy (non-hydrogen) atoms. The molecule has 0 bridgehead atoms. The average Bonchev–Trinajstić information content (AvgIpc) is 3.23. The van der Waals surface area contributed by atoms with Gasteiger partial charge in [0.25, 0.3) is 0 Å². The molecule has 0 spiro atoms. The van der Waals surface area contributed by atoms with E-state index in [9.17, 15) is 9.90 Å². The highest BCUT2D eigenvalue weighted by Crippen LogP contribution is 2.30. The Hall–Kier alpha value is -3.57. The lowest BCUT2D eigenvalue weighted by Crippen LogP contribution is -2.12. The van der Waals surface area contributed by atoms with E-state index in [-0.39, 0.29) is 12.3 Å². The van der Waals surface area contributed by atoms with E-state index in [4.69, 9.17) is 16.3 Å². The SMILES string of the molecule is Cc1ccc(Cl)cc1-c1cccc(COc2ccc(C(CC(=O)O)c3nccn3C)cc2)c1. The highest BCUT2D eigenvalue weighted by molar-refractivity contribution is 6.30. The van der Waals surface area contributed by atoms with E-state index >= 15 is 0 Å². The molecule has 5 nitrogen and oxygen atoms in total. The van der Waals surface area contributed by atoms with Crippen molar-refractivity contribution < 1.29 is 14.6 Å². The first kappa shape index (κ1) is 22.6. The summed E-state index contributed by atoms with van der Waals surface area (Å²) in [6.07, 6.45) is 3.47. The number of carboxylic acid groups (broad SMARTS) is 1. The van der Waals surface area contributed by atoms with Crippen LogP contribution in [0.4, 0.5) is 0 Å². The van der Waals surface area contributed by atoms with Crippen molar-refractivity contribution in [3.63, 3.8) is 0 Å².